The van der Waals surface area contributed by atoms with Gasteiger partial charge in [0.05, 0.1) is 0 Å². The maximum absolute atomic E-state index is 2.49. The summed E-state index contributed by atoms with van der Waals surface area (Å²) in [7, 11) is 0. The van der Waals surface area contributed by atoms with Crippen LogP contribution in [0.15, 0.2) is 0 Å². The van der Waals surface area contributed by atoms with Crippen LogP contribution in [0.1, 0.15) is 99.8 Å². The van der Waals surface area contributed by atoms with E-state index in [4.69, 9.17) is 0 Å². The first-order valence-corrected chi connectivity index (χ1v) is 8.83. The molecule has 0 heterocycles. The molecule has 3 unspecified atom stereocenters. The van der Waals surface area contributed by atoms with E-state index in [-0.39, 0.29) is 0 Å². The van der Waals surface area contributed by atoms with Crippen LogP contribution < -0.4 is 0 Å². The molecule has 0 aromatic heterocycles. The SMILES string of the molecule is CCCCC(C)CCC(C)(C)C(C)CC(C)CCC. The third-order valence-electron chi connectivity index (χ3n) is 5.20. The van der Waals surface area contributed by atoms with Gasteiger partial charge in [0, 0.05) is 0 Å². The molecular formula is C19H40. The van der Waals surface area contributed by atoms with Gasteiger partial charge in [-0.25, -0.2) is 0 Å². The van der Waals surface area contributed by atoms with Crippen molar-refractivity contribution < 1.29 is 0 Å². The van der Waals surface area contributed by atoms with Crippen molar-refractivity contribution in [2.45, 2.75) is 99.8 Å². The highest BCUT2D eigenvalue weighted by atomic mass is 14.3. The van der Waals surface area contributed by atoms with E-state index >= 15 is 0 Å². The van der Waals surface area contributed by atoms with Gasteiger partial charge in [0.2, 0.25) is 0 Å². The highest BCUT2D eigenvalue weighted by molar-refractivity contribution is 4.77. The number of unbranched alkanes of at least 4 members (excludes halogenated alkanes) is 1. The molecule has 0 spiro atoms. The first-order chi connectivity index (χ1) is 8.83. The minimum atomic E-state index is 0.516. The predicted octanol–water partition coefficient (Wildman–Crippen LogP) is 7.08. The molecule has 0 aromatic carbocycles. The number of hydrogen-bond donors (Lipinski definition) is 0. The summed E-state index contributed by atoms with van der Waals surface area (Å²) in [4.78, 5) is 0. The van der Waals surface area contributed by atoms with Gasteiger partial charge in [-0.3, -0.25) is 0 Å². The van der Waals surface area contributed by atoms with Crippen molar-refractivity contribution in [3.05, 3.63) is 0 Å². The fraction of sp³-hybridized carbons (Fsp3) is 1.00. The van der Waals surface area contributed by atoms with E-state index in [0.29, 0.717) is 5.41 Å². The standard InChI is InChI=1S/C19H40/c1-8-10-12-16(3)13-14-19(6,7)18(5)15-17(4)11-9-2/h16-18H,8-15H2,1-7H3. The average Bonchev–Trinajstić information content (AvgIpc) is 2.34. The maximum Gasteiger partial charge on any atom is -0.0328 e. The zero-order valence-corrected chi connectivity index (χ0v) is 14.9. The Balaban J connectivity index is 4.06. The van der Waals surface area contributed by atoms with Crippen LogP contribution >= 0.6 is 0 Å². The molecule has 0 bridgehead atoms. The van der Waals surface area contributed by atoms with E-state index in [1.165, 1.54) is 51.4 Å². The second kappa shape index (κ2) is 9.83. The Morgan fingerprint density at radius 3 is 1.95 bits per heavy atom. The lowest BCUT2D eigenvalue weighted by Gasteiger charge is -2.34. The molecule has 0 aromatic rings. The average molecular weight is 269 g/mol. The molecule has 0 saturated carbocycles. The van der Waals surface area contributed by atoms with Gasteiger partial charge in [0.15, 0.2) is 0 Å². The van der Waals surface area contributed by atoms with Crippen LogP contribution in [-0.4, -0.2) is 0 Å². The van der Waals surface area contributed by atoms with E-state index < -0.39 is 0 Å². The van der Waals surface area contributed by atoms with E-state index in [1.807, 2.05) is 0 Å². The molecule has 0 aliphatic rings. The van der Waals surface area contributed by atoms with Gasteiger partial charge in [-0.05, 0) is 36.0 Å². The van der Waals surface area contributed by atoms with Crippen LogP contribution in [0.2, 0.25) is 0 Å². The Morgan fingerprint density at radius 2 is 1.42 bits per heavy atom. The molecule has 0 nitrogen and oxygen atoms in total. The Labute approximate surface area is 123 Å². The van der Waals surface area contributed by atoms with Gasteiger partial charge in [0.1, 0.15) is 0 Å². The first kappa shape index (κ1) is 19.0. The van der Waals surface area contributed by atoms with Gasteiger partial charge in [-0.2, -0.15) is 0 Å². The fourth-order valence-corrected chi connectivity index (χ4v) is 3.09. The largest absolute Gasteiger partial charge is 0.0654 e. The highest BCUT2D eigenvalue weighted by Crippen LogP contribution is 2.38. The minimum absolute atomic E-state index is 0.516. The molecule has 0 rings (SSSR count). The van der Waals surface area contributed by atoms with Gasteiger partial charge in [-0.15, -0.1) is 0 Å². The second-order valence-corrected chi connectivity index (χ2v) is 7.81. The lowest BCUT2D eigenvalue weighted by molar-refractivity contribution is 0.163. The molecule has 0 radical (unpaired) electrons. The summed E-state index contributed by atoms with van der Waals surface area (Å²) in [5, 5.41) is 0. The van der Waals surface area contributed by atoms with Crippen molar-refractivity contribution in [2.24, 2.45) is 23.2 Å². The van der Waals surface area contributed by atoms with Gasteiger partial charge >= 0.3 is 0 Å². The van der Waals surface area contributed by atoms with E-state index in [0.717, 1.165) is 17.8 Å². The predicted molar refractivity (Wildman–Crippen MR) is 89.6 cm³/mol. The van der Waals surface area contributed by atoms with Crippen LogP contribution in [0.4, 0.5) is 0 Å². The maximum atomic E-state index is 2.49. The summed E-state index contributed by atoms with van der Waals surface area (Å²) in [6.07, 6.45) is 11.1. The van der Waals surface area contributed by atoms with Crippen molar-refractivity contribution in [1.82, 2.24) is 0 Å². The van der Waals surface area contributed by atoms with E-state index in [2.05, 4.69) is 48.5 Å². The molecule has 0 saturated heterocycles. The highest BCUT2D eigenvalue weighted by Gasteiger charge is 2.27. The summed E-state index contributed by atoms with van der Waals surface area (Å²) in [6, 6.07) is 0. The minimum Gasteiger partial charge on any atom is -0.0654 e. The summed E-state index contributed by atoms with van der Waals surface area (Å²) in [6.45, 7) is 16.9. The molecule has 19 heavy (non-hydrogen) atoms. The summed E-state index contributed by atoms with van der Waals surface area (Å²) < 4.78 is 0. The fourth-order valence-electron chi connectivity index (χ4n) is 3.09. The topological polar surface area (TPSA) is 0 Å². The Kier molecular flexibility index (Phi) is 9.83. The third-order valence-corrected chi connectivity index (χ3v) is 5.20. The monoisotopic (exact) mass is 268 g/mol. The Bertz CT molecular complexity index is 204. The number of hydrogen-bond acceptors (Lipinski definition) is 0. The summed E-state index contributed by atoms with van der Waals surface area (Å²) in [5.74, 6) is 2.67. The molecule has 0 N–H and O–H groups in total. The molecule has 0 aliphatic carbocycles. The normalized spacial score (nSPS) is 17.2. The van der Waals surface area contributed by atoms with Crippen LogP contribution in [-0.2, 0) is 0 Å². The molecule has 0 fully saturated rings. The van der Waals surface area contributed by atoms with Crippen LogP contribution in [0.3, 0.4) is 0 Å². The lowest BCUT2D eigenvalue weighted by Crippen LogP contribution is -2.24. The molecule has 0 aliphatic heterocycles. The lowest BCUT2D eigenvalue weighted by atomic mass is 9.71. The second-order valence-electron chi connectivity index (χ2n) is 7.81. The van der Waals surface area contributed by atoms with E-state index in [1.54, 1.807) is 0 Å². The van der Waals surface area contributed by atoms with Crippen molar-refractivity contribution in [1.29, 1.82) is 0 Å². The van der Waals surface area contributed by atoms with Crippen molar-refractivity contribution in [3.63, 3.8) is 0 Å². The van der Waals surface area contributed by atoms with Crippen molar-refractivity contribution in [2.75, 3.05) is 0 Å². The van der Waals surface area contributed by atoms with Crippen molar-refractivity contribution >= 4 is 0 Å². The van der Waals surface area contributed by atoms with Crippen LogP contribution in [0, 0.1) is 23.2 Å². The van der Waals surface area contributed by atoms with Gasteiger partial charge in [-0.1, -0.05) is 87.0 Å². The van der Waals surface area contributed by atoms with Crippen LogP contribution in [0.25, 0.3) is 0 Å². The van der Waals surface area contributed by atoms with Gasteiger partial charge < -0.3 is 0 Å². The molecular weight excluding hydrogens is 228 g/mol. The van der Waals surface area contributed by atoms with Gasteiger partial charge in [0.25, 0.3) is 0 Å². The summed E-state index contributed by atoms with van der Waals surface area (Å²) >= 11 is 0. The summed E-state index contributed by atoms with van der Waals surface area (Å²) in [5.41, 5.74) is 0.516. The Hall–Kier alpha value is 0. The molecule has 3 atom stereocenters. The first-order valence-electron chi connectivity index (χ1n) is 8.83. The molecule has 116 valence electrons. The Morgan fingerprint density at radius 1 is 0.789 bits per heavy atom. The zero-order valence-electron chi connectivity index (χ0n) is 14.9. The molecule has 0 amide bonds. The van der Waals surface area contributed by atoms with Crippen LogP contribution in [0.5, 0.6) is 0 Å². The van der Waals surface area contributed by atoms with Crippen molar-refractivity contribution in [3.8, 4) is 0 Å². The quantitative estimate of drug-likeness (QED) is 0.375. The molecule has 0 heteroatoms. The zero-order chi connectivity index (χ0) is 14.9. The number of rotatable bonds is 11. The smallest absolute Gasteiger partial charge is 0.0328 e. The third kappa shape index (κ3) is 8.71. The van der Waals surface area contributed by atoms with E-state index in [9.17, 15) is 0 Å².